The molecule has 0 bridgehead atoms. The van der Waals surface area contributed by atoms with Crippen LogP contribution in [-0.2, 0) is 14.4 Å². The van der Waals surface area contributed by atoms with Gasteiger partial charge in [0.25, 0.3) is 0 Å². The van der Waals surface area contributed by atoms with Crippen molar-refractivity contribution in [3.05, 3.63) is 0 Å². The summed E-state index contributed by atoms with van der Waals surface area (Å²) in [5.41, 5.74) is 10.5. The molecule has 0 aromatic heterocycles. The molecule has 0 heterocycles. The molecule has 7 nitrogen and oxygen atoms in total. The lowest BCUT2D eigenvalue weighted by Crippen LogP contribution is -2.46. The molecule has 0 radical (unpaired) electrons. The summed E-state index contributed by atoms with van der Waals surface area (Å²) in [5, 5.41) is 11.7. The van der Waals surface area contributed by atoms with E-state index in [9.17, 15) is 14.4 Å². The van der Waals surface area contributed by atoms with Crippen molar-refractivity contribution in [3.63, 3.8) is 0 Å². The minimum absolute atomic E-state index is 0.0732. The van der Waals surface area contributed by atoms with E-state index in [0.717, 1.165) is 19.3 Å². The van der Waals surface area contributed by atoms with Crippen LogP contribution < -0.4 is 16.8 Å². The molecule has 3 atom stereocenters. The van der Waals surface area contributed by atoms with Crippen LogP contribution in [0.25, 0.3) is 0 Å². The highest BCUT2D eigenvalue weighted by Crippen LogP contribution is 2.29. The minimum atomic E-state index is -0.968. The van der Waals surface area contributed by atoms with Gasteiger partial charge in [-0.25, -0.2) is 0 Å². The minimum Gasteiger partial charge on any atom is -0.481 e. The van der Waals surface area contributed by atoms with Gasteiger partial charge < -0.3 is 21.9 Å². The Morgan fingerprint density at radius 2 is 1.89 bits per heavy atom. The Morgan fingerprint density at radius 3 is 2.47 bits per heavy atom. The van der Waals surface area contributed by atoms with Gasteiger partial charge in [0.05, 0.1) is 18.4 Å². The van der Waals surface area contributed by atoms with Gasteiger partial charge in [-0.05, 0) is 18.8 Å². The Bertz CT molecular complexity index is 359. The molecule has 3 unspecified atom stereocenters. The second-order valence-electron chi connectivity index (χ2n) is 5.01. The number of aliphatic carboxylic acids is 1. The highest BCUT2D eigenvalue weighted by Gasteiger charge is 2.31. The molecule has 19 heavy (non-hydrogen) atoms. The fourth-order valence-electron chi connectivity index (χ4n) is 2.45. The quantitative estimate of drug-likeness (QED) is 0.501. The standard InChI is InChI=1S/C12H21N3O4/c13-9(5-10(14)16)11(17)15-6-7-3-1-2-4-8(7)12(18)19/h7-9H,1-6,13H2,(H2,14,16)(H,15,17)(H,18,19). The van der Waals surface area contributed by atoms with Crippen LogP contribution >= 0.6 is 0 Å². The van der Waals surface area contributed by atoms with E-state index in [1.807, 2.05) is 0 Å². The number of carbonyl (C=O) groups excluding carboxylic acids is 2. The average molecular weight is 271 g/mol. The number of nitrogens with one attached hydrogen (secondary N) is 1. The molecule has 1 saturated carbocycles. The molecule has 108 valence electrons. The van der Waals surface area contributed by atoms with Crippen LogP contribution in [0.2, 0.25) is 0 Å². The van der Waals surface area contributed by atoms with Gasteiger partial charge in [0.2, 0.25) is 11.8 Å². The first kappa shape index (κ1) is 15.4. The van der Waals surface area contributed by atoms with E-state index in [-0.39, 0.29) is 18.9 Å². The molecule has 0 aromatic carbocycles. The Morgan fingerprint density at radius 1 is 1.26 bits per heavy atom. The maximum absolute atomic E-state index is 11.6. The lowest BCUT2D eigenvalue weighted by atomic mass is 9.79. The van der Waals surface area contributed by atoms with Gasteiger partial charge in [0.1, 0.15) is 0 Å². The molecular weight excluding hydrogens is 250 g/mol. The van der Waals surface area contributed by atoms with Crippen molar-refractivity contribution in [2.45, 2.75) is 38.1 Å². The molecule has 2 amide bonds. The number of rotatable bonds is 6. The zero-order valence-corrected chi connectivity index (χ0v) is 10.8. The first-order valence-electron chi connectivity index (χ1n) is 6.46. The van der Waals surface area contributed by atoms with E-state index >= 15 is 0 Å². The predicted molar refractivity (Wildman–Crippen MR) is 67.9 cm³/mol. The molecule has 0 spiro atoms. The lowest BCUT2D eigenvalue weighted by Gasteiger charge is -2.28. The van der Waals surface area contributed by atoms with E-state index in [1.54, 1.807) is 0 Å². The largest absolute Gasteiger partial charge is 0.481 e. The summed E-state index contributed by atoms with van der Waals surface area (Å²) in [4.78, 5) is 33.3. The molecule has 0 saturated heterocycles. The van der Waals surface area contributed by atoms with Crippen molar-refractivity contribution < 1.29 is 19.5 Å². The third-order valence-corrected chi connectivity index (χ3v) is 3.52. The SMILES string of the molecule is NC(=O)CC(N)C(=O)NCC1CCCCC1C(=O)O. The van der Waals surface area contributed by atoms with E-state index in [0.29, 0.717) is 6.42 Å². The third-order valence-electron chi connectivity index (χ3n) is 3.52. The van der Waals surface area contributed by atoms with Crippen LogP contribution in [0.1, 0.15) is 32.1 Å². The monoisotopic (exact) mass is 271 g/mol. The normalized spacial score (nSPS) is 24.5. The number of hydrogen-bond acceptors (Lipinski definition) is 4. The number of primary amides is 1. The zero-order valence-electron chi connectivity index (χ0n) is 10.8. The van der Waals surface area contributed by atoms with E-state index in [4.69, 9.17) is 16.6 Å². The maximum atomic E-state index is 11.6. The number of carboxylic acid groups (broad SMARTS) is 1. The van der Waals surface area contributed by atoms with Crippen LogP contribution in [-0.4, -0.2) is 35.5 Å². The maximum Gasteiger partial charge on any atom is 0.306 e. The van der Waals surface area contributed by atoms with Crippen molar-refractivity contribution in [2.24, 2.45) is 23.3 Å². The number of carbonyl (C=O) groups is 3. The van der Waals surface area contributed by atoms with Crippen molar-refractivity contribution in [2.75, 3.05) is 6.54 Å². The van der Waals surface area contributed by atoms with Crippen molar-refractivity contribution in [1.29, 1.82) is 0 Å². The molecule has 0 aliphatic heterocycles. The topological polar surface area (TPSA) is 136 Å². The zero-order chi connectivity index (χ0) is 14.4. The van der Waals surface area contributed by atoms with E-state index in [2.05, 4.69) is 5.32 Å². The highest BCUT2D eigenvalue weighted by molar-refractivity contribution is 5.87. The van der Waals surface area contributed by atoms with Gasteiger partial charge in [-0.15, -0.1) is 0 Å². The Kier molecular flexibility index (Phi) is 5.75. The van der Waals surface area contributed by atoms with E-state index in [1.165, 1.54) is 0 Å². The Balaban J connectivity index is 2.43. The van der Waals surface area contributed by atoms with Crippen LogP contribution in [0.5, 0.6) is 0 Å². The predicted octanol–water partition coefficient (Wildman–Crippen LogP) is -0.804. The molecule has 7 heteroatoms. The molecule has 1 aliphatic carbocycles. The van der Waals surface area contributed by atoms with Gasteiger partial charge in [-0.1, -0.05) is 12.8 Å². The van der Waals surface area contributed by atoms with Crippen molar-refractivity contribution in [3.8, 4) is 0 Å². The number of nitrogens with two attached hydrogens (primary N) is 2. The first-order valence-corrected chi connectivity index (χ1v) is 6.46. The fourth-order valence-corrected chi connectivity index (χ4v) is 2.45. The smallest absolute Gasteiger partial charge is 0.306 e. The van der Waals surface area contributed by atoms with Gasteiger partial charge in [-0.3, -0.25) is 14.4 Å². The molecule has 1 aliphatic rings. The van der Waals surface area contributed by atoms with Gasteiger partial charge in [0.15, 0.2) is 0 Å². The van der Waals surface area contributed by atoms with E-state index < -0.39 is 29.7 Å². The second kappa shape index (κ2) is 7.08. The van der Waals surface area contributed by atoms with Gasteiger partial charge >= 0.3 is 5.97 Å². The number of hydrogen-bond donors (Lipinski definition) is 4. The molecular formula is C12H21N3O4. The lowest BCUT2D eigenvalue weighted by molar-refractivity contribution is -0.145. The van der Waals surface area contributed by atoms with Crippen LogP contribution in [0.15, 0.2) is 0 Å². The van der Waals surface area contributed by atoms with Gasteiger partial charge in [0, 0.05) is 6.54 Å². The molecule has 6 N–H and O–H groups in total. The third kappa shape index (κ3) is 4.86. The first-order chi connectivity index (χ1) is 8.91. The average Bonchev–Trinajstić information content (AvgIpc) is 2.35. The summed E-state index contributed by atoms with van der Waals surface area (Å²) in [6.07, 6.45) is 3.09. The van der Waals surface area contributed by atoms with Crippen molar-refractivity contribution >= 4 is 17.8 Å². The summed E-state index contributed by atoms with van der Waals surface area (Å²) in [6, 6.07) is -0.968. The highest BCUT2D eigenvalue weighted by atomic mass is 16.4. The Hall–Kier alpha value is -1.63. The molecule has 0 aromatic rings. The number of carboxylic acids is 1. The summed E-state index contributed by atoms with van der Waals surface area (Å²) in [6.45, 7) is 0.280. The summed E-state index contributed by atoms with van der Waals surface area (Å²) < 4.78 is 0. The summed E-state index contributed by atoms with van der Waals surface area (Å²) >= 11 is 0. The van der Waals surface area contributed by atoms with Crippen LogP contribution in [0, 0.1) is 11.8 Å². The number of amides is 2. The van der Waals surface area contributed by atoms with Crippen LogP contribution in [0.4, 0.5) is 0 Å². The fraction of sp³-hybridized carbons (Fsp3) is 0.750. The molecule has 1 fully saturated rings. The van der Waals surface area contributed by atoms with Crippen molar-refractivity contribution in [1.82, 2.24) is 5.32 Å². The second-order valence-corrected chi connectivity index (χ2v) is 5.01. The summed E-state index contributed by atoms with van der Waals surface area (Å²) in [5.74, 6) is -2.41. The summed E-state index contributed by atoms with van der Waals surface area (Å²) in [7, 11) is 0. The van der Waals surface area contributed by atoms with Crippen LogP contribution in [0.3, 0.4) is 0 Å². The molecule has 1 rings (SSSR count). The van der Waals surface area contributed by atoms with Gasteiger partial charge in [-0.2, -0.15) is 0 Å². The Labute approximate surface area is 111 Å².